The van der Waals surface area contributed by atoms with Crippen molar-refractivity contribution in [1.82, 2.24) is 14.8 Å². The zero-order valence-electron chi connectivity index (χ0n) is 12.3. The molecule has 2 aromatic rings. The first-order valence-corrected chi connectivity index (χ1v) is 6.66. The van der Waals surface area contributed by atoms with Crippen LogP contribution >= 0.6 is 0 Å². The van der Waals surface area contributed by atoms with E-state index in [-0.39, 0.29) is 24.5 Å². The van der Waals surface area contributed by atoms with E-state index in [4.69, 9.17) is 10.5 Å². The standard InChI is InChI=1S/C14H19N5O2/c1-9(2)21-11-4-5-12(10(3)6-11)17-13(20)7-19-8-16-14(15)18-19/h4-6,8-9H,7H2,1-3H3,(H2,15,18)(H,17,20). The largest absolute Gasteiger partial charge is 0.491 e. The van der Waals surface area contributed by atoms with E-state index < -0.39 is 0 Å². The molecule has 112 valence electrons. The molecule has 3 N–H and O–H groups in total. The maximum absolute atomic E-state index is 11.9. The Kier molecular flexibility index (Phi) is 4.42. The highest BCUT2D eigenvalue weighted by atomic mass is 16.5. The van der Waals surface area contributed by atoms with E-state index in [0.717, 1.165) is 17.0 Å². The highest BCUT2D eigenvalue weighted by molar-refractivity contribution is 5.91. The fourth-order valence-electron chi connectivity index (χ4n) is 1.84. The molecule has 7 nitrogen and oxygen atoms in total. The molecule has 7 heteroatoms. The number of nitrogen functional groups attached to an aromatic ring is 1. The van der Waals surface area contributed by atoms with Crippen LogP contribution in [0.25, 0.3) is 0 Å². The monoisotopic (exact) mass is 289 g/mol. The summed E-state index contributed by atoms with van der Waals surface area (Å²) in [5, 5.41) is 6.69. The number of ether oxygens (including phenoxy) is 1. The molecule has 1 aromatic heterocycles. The van der Waals surface area contributed by atoms with Gasteiger partial charge in [0.05, 0.1) is 6.10 Å². The normalized spacial score (nSPS) is 10.7. The molecule has 0 saturated heterocycles. The number of nitrogens with zero attached hydrogens (tertiary/aromatic N) is 3. The van der Waals surface area contributed by atoms with E-state index >= 15 is 0 Å². The molecule has 1 heterocycles. The highest BCUT2D eigenvalue weighted by Gasteiger charge is 2.08. The summed E-state index contributed by atoms with van der Waals surface area (Å²) in [4.78, 5) is 15.7. The number of hydrogen-bond acceptors (Lipinski definition) is 5. The zero-order chi connectivity index (χ0) is 15.4. The second-order valence-electron chi connectivity index (χ2n) is 4.99. The molecule has 0 atom stereocenters. The summed E-state index contributed by atoms with van der Waals surface area (Å²) in [5.74, 6) is 0.735. The van der Waals surface area contributed by atoms with Crippen LogP contribution in [0.3, 0.4) is 0 Å². The van der Waals surface area contributed by atoms with Gasteiger partial charge in [0.25, 0.3) is 0 Å². The van der Waals surface area contributed by atoms with Crippen molar-refractivity contribution in [1.29, 1.82) is 0 Å². The quantitative estimate of drug-likeness (QED) is 0.871. The van der Waals surface area contributed by atoms with Gasteiger partial charge in [0.2, 0.25) is 11.9 Å². The van der Waals surface area contributed by atoms with Gasteiger partial charge in [0.15, 0.2) is 0 Å². The molecule has 2 rings (SSSR count). The van der Waals surface area contributed by atoms with Gasteiger partial charge in [-0.2, -0.15) is 0 Å². The third-order valence-corrected chi connectivity index (χ3v) is 2.70. The van der Waals surface area contributed by atoms with Gasteiger partial charge in [-0.05, 0) is 44.5 Å². The molecule has 1 amide bonds. The van der Waals surface area contributed by atoms with Gasteiger partial charge in [0, 0.05) is 5.69 Å². The van der Waals surface area contributed by atoms with Crippen molar-refractivity contribution in [2.45, 2.75) is 33.4 Å². The zero-order valence-corrected chi connectivity index (χ0v) is 12.3. The van der Waals surface area contributed by atoms with Gasteiger partial charge in [-0.15, -0.1) is 5.10 Å². The Labute approximate surface area is 123 Å². The number of carbonyl (C=O) groups excluding carboxylic acids is 1. The number of carbonyl (C=O) groups is 1. The lowest BCUT2D eigenvalue weighted by molar-refractivity contribution is -0.116. The number of rotatable bonds is 5. The Balaban J connectivity index is 2.00. The van der Waals surface area contributed by atoms with E-state index in [9.17, 15) is 4.79 Å². The number of nitrogens with one attached hydrogen (secondary N) is 1. The molecule has 0 bridgehead atoms. The minimum atomic E-state index is -0.194. The van der Waals surface area contributed by atoms with E-state index in [1.165, 1.54) is 11.0 Å². The van der Waals surface area contributed by atoms with Crippen LogP contribution in [0.1, 0.15) is 19.4 Å². The first-order chi connectivity index (χ1) is 9.94. The molecule has 0 aliphatic carbocycles. The Morgan fingerprint density at radius 2 is 2.24 bits per heavy atom. The maximum atomic E-state index is 11.9. The summed E-state index contributed by atoms with van der Waals surface area (Å²) in [6.07, 6.45) is 1.53. The van der Waals surface area contributed by atoms with Gasteiger partial charge in [-0.1, -0.05) is 0 Å². The van der Waals surface area contributed by atoms with E-state index in [2.05, 4.69) is 15.4 Å². The second-order valence-corrected chi connectivity index (χ2v) is 4.99. The van der Waals surface area contributed by atoms with Crippen molar-refractivity contribution in [2.24, 2.45) is 0 Å². The van der Waals surface area contributed by atoms with Crippen LogP contribution < -0.4 is 15.8 Å². The Bertz CT molecular complexity index is 636. The lowest BCUT2D eigenvalue weighted by Gasteiger charge is -2.13. The lowest BCUT2D eigenvalue weighted by atomic mass is 10.2. The minimum Gasteiger partial charge on any atom is -0.491 e. The van der Waals surface area contributed by atoms with Crippen LogP contribution in [-0.2, 0) is 11.3 Å². The number of hydrogen-bond donors (Lipinski definition) is 2. The van der Waals surface area contributed by atoms with Crippen molar-refractivity contribution in [3.05, 3.63) is 30.1 Å². The fourth-order valence-corrected chi connectivity index (χ4v) is 1.84. The molecule has 0 fully saturated rings. The van der Waals surface area contributed by atoms with Crippen LogP contribution in [0.5, 0.6) is 5.75 Å². The predicted molar refractivity (Wildman–Crippen MR) is 80.0 cm³/mol. The maximum Gasteiger partial charge on any atom is 0.246 e. The second kappa shape index (κ2) is 6.25. The molecule has 0 spiro atoms. The molecule has 1 aromatic carbocycles. The van der Waals surface area contributed by atoms with Gasteiger partial charge in [-0.3, -0.25) is 4.79 Å². The number of aryl methyl sites for hydroxylation is 1. The summed E-state index contributed by atoms with van der Waals surface area (Å²) in [5.41, 5.74) is 7.07. The SMILES string of the molecule is Cc1cc(OC(C)C)ccc1NC(=O)Cn1cnc(N)n1. The van der Waals surface area contributed by atoms with Crippen LogP contribution in [0.15, 0.2) is 24.5 Å². The number of aromatic nitrogens is 3. The molecule has 0 aliphatic heterocycles. The highest BCUT2D eigenvalue weighted by Crippen LogP contribution is 2.22. The fraction of sp³-hybridized carbons (Fsp3) is 0.357. The third-order valence-electron chi connectivity index (χ3n) is 2.70. The topological polar surface area (TPSA) is 95.1 Å². The molecule has 0 aliphatic rings. The van der Waals surface area contributed by atoms with Crippen molar-refractivity contribution in [2.75, 3.05) is 11.1 Å². The van der Waals surface area contributed by atoms with Crippen molar-refractivity contribution >= 4 is 17.5 Å². The average molecular weight is 289 g/mol. The third kappa shape index (κ3) is 4.20. The predicted octanol–water partition coefficient (Wildman–Crippen LogP) is 1.59. The van der Waals surface area contributed by atoms with Gasteiger partial charge < -0.3 is 15.8 Å². The van der Waals surface area contributed by atoms with Gasteiger partial charge in [-0.25, -0.2) is 9.67 Å². The van der Waals surface area contributed by atoms with E-state index in [0.29, 0.717) is 0 Å². The Morgan fingerprint density at radius 1 is 1.48 bits per heavy atom. The number of amides is 1. The van der Waals surface area contributed by atoms with Crippen molar-refractivity contribution < 1.29 is 9.53 Å². The first-order valence-electron chi connectivity index (χ1n) is 6.66. The smallest absolute Gasteiger partial charge is 0.246 e. The van der Waals surface area contributed by atoms with E-state index in [1.807, 2.05) is 39.0 Å². The molecule has 0 saturated carbocycles. The number of benzene rings is 1. The number of nitrogens with two attached hydrogens (primary N) is 1. The van der Waals surface area contributed by atoms with Crippen LogP contribution in [0.2, 0.25) is 0 Å². The van der Waals surface area contributed by atoms with Crippen LogP contribution in [-0.4, -0.2) is 26.8 Å². The van der Waals surface area contributed by atoms with Gasteiger partial charge >= 0.3 is 0 Å². The summed E-state index contributed by atoms with van der Waals surface area (Å²) in [6.45, 7) is 5.91. The summed E-state index contributed by atoms with van der Waals surface area (Å²) in [7, 11) is 0. The Morgan fingerprint density at radius 3 is 2.81 bits per heavy atom. The van der Waals surface area contributed by atoms with Crippen LogP contribution in [0.4, 0.5) is 11.6 Å². The summed E-state index contributed by atoms with van der Waals surface area (Å²) >= 11 is 0. The molecule has 21 heavy (non-hydrogen) atoms. The summed E-state index contributed by atoms with van der Waals surface area (Å²) in [6, 6.07) is 5.54. The minimum absolute atomic E-state index is 0.0634. The summed E-state index contributed by atoms with van der Waals surface area (Å²) < 4.78 is 6.99. The van der Waals surface area contributed by atoms with E-state index in [1.54, 1.807) is 0 Å². The van der Waals surface area contributed by atoms with Gasteiger partial charge in [0.1, 0.15) is 18.6 Å². The van der Waals surface area contributed by atoms with Crippen molar-refractivity contribution in [3.63, 3.8) is 0 Å². The lowest BCUT2D eigenvalue weighted by Crippen LogP contribution is -2.19. The molecule has 0 radical (unpaired) electrons. The molecular formula is C14H19N5O2. The molecular weight excluding hydrogens is 270 g/mol. The number of anilines is 2. The van der Waals surface area contributed by atoms with Crippen molar-refractivity contribution in [3.8, 4) is 5.75 Å². The Hall–Kier alpha value is -2.57. The first kappa shape index (κ1) is 14.8. The molecule has 0 unspecified atom stereocenters. The van der Waals surface area contributed by atoms with Crippen LogP contribution in [0, 0.1) is 6.92 Å². The average Bonchev–Trinajstić information content (AvgIpc) is 2.77.